The summed E-state index contributed by atoms with van der Waals surface area (Å²) in [6.07, 6.45) is 2.95. The Morgan fingerprint density at radius 1 is 1.28 bits per heavy atom. The lowest BCUT2D eigenvalue weighted by Crippen LogP contribution is -2.16. The number of rotatable bonds is 1. The highest BCUT2D eigenvalue weighted by atomic mass is 35.5. The molecule has 0 radical (unpaired) electrons. The molecular formula is C14H15ClN2O. The fraction of sp³-hybridized carbons (Fsp3) is 0.357. The second-order valence-corrected chi connectivity index (χ2v) is 4.90. The Kier molecular flexibility index (Phi) is 3.46. The number of fused-ring (bicyclic) bond motifs is 1. The lowest BCUT2D eigenvalue weighted by atomic mass is 10.0. The Hall–Kier alpha value is -1.16. The molecule has 1 aliphatic rings. The molecule has 4 heteroatoms. The Bertz CT molecular complexity index is 550. The largest absolute Gasteiger partial charge is 0.372 e. The Labute approximate surface area is 111 Å². The highest BCUT2D eigenvalue weighted by molar-refractivity contribution is 6.31. The van der Waals surface area contributed by atoms with Crippen LogP contribution in [0.3, 0.4) is 0 Å². The summed E-state index contributed by atoms with van der Waals surface area (Å²) in [5.41, 5.74) is 2.16. The van der Waals surface area contributed by atoms with Gasteiger partial charge in [-0.2, -0.15) is 0 Å². The Morgan fingerprint density at radius 3 is 3.17 bits per heavy atom. The molecule has 1 aliphatic heterocycles. The molecule has 1 aromatic carbocycles. The zero-order valence-corrected chi connectivity index (χ0v) is 10.8. The number of aromatic nitrogens is 1. The molecule has 3 rings (SSSR count). The molecule has 1 unspecified atom stereocenters. The van der Waals surface area contributed by atoms with Gasteiger partial charge in [0.1, 0.15) is 0 Å². The van der Waals surface area contributed by atoms with Gasteiger partial charge in [0.05, 0.1) is 18.2 Å². The van der Waals surface area contributed by atoms with E-state index in [-0.39, 0.29) is 6.10 Å². The van der Waals surface area contributed by atoms with Gasteiger partial charge in [0.15, 0.2) is 0 Å². The molecule has 1 atom stereocenters. The molecule has 0 amide bonds. The van der Waals surface area contributed by atoms with Crippen molar-refractivity contribution in [1.29, 1.82) is 0 Å². The maximum atomic E-state index is 6.08. The van der Waals surface area contributed by atoms with Crippen molar-refractivity contribution < 1.29 is 4.74 Å². The van der Waals surface area contributed by atoms with Gasteiger partial charge >= 0.3 is 0 Å². The third-order valence-electron chi connectivity index (χ3n) is 3.27. The molecule has 0 bridgehead atoms. The van der Waals surface area contributed by atoms with Gasteiger partial charge in [-0.15, -0.1) is 0 Å². The van der Waals surface area contributed by atoms with E-state index in [0.717, 1.165) is 42.0 Å². The van der Waals surface area contributed by atoms with Crippen molar-refractivity contribution in [2.75, 3.05) is 19.7 Å². The van der Waals surface area contributed by atoms with E-state index in [4.69, 9.17) is 16.3 Å². The van der Waals surface area contributed by atoms with Gasteiger partial charge in [-0.3, -0.25) is 4.98 Å². The molecular weight excluding hydrogens is 248 g/mol. The zero-order chi connectivity index (χ0) is 12.4. The minimum absolute atomic E-state index is 0.129. The predicted molar refractivity (Wildman–Crippen MR) is 72.9 cm³/mol. The van der Waals surface area contributed by atoms with Crippen LogP contribution in [-0.2, 0) is 4.74 Å². The average molecular weight is 263 g/mol. The Morgan fingerprint density at radius 2 is 2.22 bits per heavy atom. The molecule has 2 aromatic rings. The number of hydrogen-bond acceptors (Lipinski definition) is 3. The molecule has 94 valence electrons. The standard InChI is InChI=1S/C14H15ClN2O/c15-10-1-2-13-12(9-10)11(3-6-17-13)14-4-5-16-7-8-18-14/h1-3,6,9,14,16H,4-5,7-8H2. The van der Waals surface area contributed by atoms with Crippen LogP contribution in [0.5, 0.6) is 0 Å². The molecule has 2 heterocycles. The SMILES string of the molecule is Clc1ccc2nccc(C3CCNCCO3)c2c1. The molecule has 1 saturated heterocycles. The maximum Gasteiger partial charge on any atom is 0.0844 e. The zero-order valence-electron chi connectivity index (χ0n) is 10.0. The summed E-state index contributed by atoms with van der Waals surface area (Å²) in [5, 5.41) is 5.17. The molecule has 1 aromatic heterocycles. The van der Waals surface area contributed by atoms with Crippen LogP contribution in [0.25, 0.3) is 10.9 Å². The maximum absolute atomic E-state index is 6.08. The van der Waals surface area contributed by atoms with Crippen molar-refractivity contribution in [2.24, 2.45) is 0 Å². The van der Waals surface area contributed by atoms with E-state index in [1.807, 2.05) is 30.5 Å². The van der Waals surface area contributed by atoms with Crippen molar-refractivity contribution in [2.45, 2.75) is 12.5 Å². The van der Waals surface area contributed by atoms with Crippen LogP contribution in [0.2, 0.25) is 5.02 Å². The topological polar surface area (TPSA) is 34.2 Å². The summed E-state index contributed by atoms with van der Waals surface area (Å²) in [7, 11) is 0. The molecule has 3 nitrogen and oxygen atoms in total. The number of pyridine rings is 1. The van der Waals surface area contributed by atoms with E-state index >= 15 is 0 Å². The third-order valence-corrected chi connectivity index (χ3v) is 3.50. The summed E-state index contributed by atoms with van der Waals surface area (Å²) in [6.45, 7) is 2.64. The highest BCUT2D eigenvalue weighted by Gasteiger charge is 2.17. The van der Waals surface area contributed by atoms with Gasteiger partial charge < -0.3 is 10.1 Å². The van der Waals surface area contributed by atoms with Crippen LogP contribution in [-0.4, -0.2) is 24.7 Å². The van der Waals surface area contributed by atoms with Crippen molar-refractivity contribution in [3.8, 4) is 0 Å². The number of nitrogens with zero attached hydrogens (tertiary/aromatic N) is 1. The summed E-state index contributed by atoms with van der Waals surface area (Å²) >= 11 is 6.08. The van der Waals surface area contributed by atoms with Crippen LogP contribution < -0.4 is 5.32 Å². The quantitative estimate of drug-likeness (QED) is 0.858. The number of benzene rings is 1. The van der Waals surface area contributed by atoms with Crippen molar-refractivity contribution in [1.82, 2.24) is 10.3 Å². The third kappa shape index (κ3) is 2.34. The van der Waals surface area contributed by atoms with E-state index in [2.05, 4.69) is 10.3 Å². The smallest absolute Gasteiger partial charge is 0.0844 e. The number of hydrogen-bond donors (Lipinski definition) is 1. The van der Waals surface area contributed by atoms with E-state index in [1.54, 1.807) is 0 Å². The van der Waals surface area contributed by atoms with Crippen LogP contribution in [0.4, 0.5) is 0 Å². The fourth-order valence-corrected chi connectivity index (χ4v) is 2.55. The first-order chi connectivity index (χ1) is 8.84. The number of nitrogens with one attached hydrogen (secondary N) is 1. The van der Waals surface area contributed by atoms with Crippen molar-refractivity contribution >= 4 is 22.5 Å². The van der Waals surface area contributed by atoms with Crippen LogP contribution >= 0.6 is 11.6 Å². The number of ether oxygens (including phenoxy) is 1. The van der Waals surface area contributed by atoms with E-state index in [0.29, 0.717) is 0 Å². The highest BCUT2D eigenvalue weighted by Crippen LogP contribution is 2.29. The van der Waals surface area contributed by atoms with E-state index in [1.165, 1.54) is 5.56 Å². The monoisotopic (exact) mass is 262 g/mol. The summed E-state index contributed by atoms with van der Waals surface area (Å²) < 4.78 is 5.90. The lowest BCUT2D eigenvalue weighted by molar-refractivity contribution is 0.0654. The minimum Gasteiger partial charge on any atom is -0.372 e. The first-order valence-corrected chi connectivity index (χ1v) is 6.59. The van der Waals surface area contributed by atoms with Gasteiger partial charge in [-0.05, 0) is 42.8 Å². The van der Waals surface area contributed by atoms with Gasteiger partial charge in [0.2, 0.25) is 0 Å². The summed E-state index contributed by atoms with van der Waals surface area (Å²) in [4.78, 5) is 4.37. The van der Waals surface area contributed by atoms with Gasteiger partial charge in [0.25, 0.3) is 0 Å². The van der Waals surface area contributed by atoms with E-state index in [9.17, 15) is 0 Å². The predicted octanol–water partition coefficient (Wildman–Crippen LogP) is 2.94. The molecule has 0 spiro atoms. The first-order valence-electron chi connectivity index (χ1n) is 6.21. The molecule has 18 heavy (non-hydrogen) atoms. The van der Waals surface area contributed by atoms with Gasteiger partial charge in [0, 0.05) is 23.2 Å². The van der Waals surface area contributed by atoms with Crippen molar-refractivity contribution in [3.63, 3.8) is 0 Å². The fourth-order valence-electron chi connectivity index (χ4n) is 2.38. The summed E-state index contributed by atoms with van der Waals surface area (Å²) in [5.74, 6) is 0. The lowest BCUT2D eigenvalue weighted by Gasteiger charge is -2.17. The minimum atomic E-state index is 0.129. The molecule has 0 aliphatic carbocycles. The second-order valence-electron chi connectivity index (χ2n) is 4.46. The van der Waals surface area contributed by atoms with Crippen molar-refractivity contribution in [3.05, 3.63) is 41.0 Å². The second kappa shape index (κ2) is 5.22. The van der Waals surface area contributed by atoms with Crippen LogP contribution in [0, 0.1) is 0 Å². The summed E-state index contributed by atoms with van der Waals surface area (Å²) in [6, 6.07) is 7.84. The molecule has 1 N–H and O–H groups in total. The molecule has 1 fully saturated rings. The number of halogens is 1. The first kappa shape index (κ1) is 11.9. The van der Waals surface area contributed by atoms with Crippen LogP contribution in [0.15, 0.2) is 30.5 Å². The van der Waals surface area contributed by atoms with Crippen LogP contribution in [0.1, 0.15) is 18.1 Å². The molecule has 0 saturated carbocycles. The van der Waals surface area contributed by atoms with Gasteiger partial charge in [-0.25, -0.2) is 0 Å². The normalized spacial score (nSPS) is 20.8. The average Bonchev–Trinajstić information content (AvgIpc) is 2.67. The van der Waals surface area contributed by atoms with Gasteiger partial charge in [-0.1, -0.05) is 11.6 Å². The Balaban J connectivity index is 2.06. The van der Waals surface area contributed by atoms with E-state index < -0.39 is 0 Å².